The van der Waals surface area contributed by atoms with Crippen LogP contribution in [0.25, 0.3) is 0 Å². The zero-order valence-corrected chi connectivity index (χ0v) is 20.3. The number of nitrogens with zero attached hydrogens (tertiary/aromatic N) is 3. The van der Waals surface area contributed by atoms with E-state index in [9.17, 15) is 14.9 Å². The first kappa shape index (κ1) is 23.5. The molecule has 2 heterocycles. The quantitative estimate of drug-likeness (QED) is 0.681. The largest absolute Gasteiger partial charge is 0.340 e. The minimum Gasteiger partial charge on any atom is -0.340 e. The maximum absolute atomic E-state index is 13.0. The Bertz CT molecular complexity index is 1050. The molecule has 1 aliphatic heterocycles. The Balaban J connectivity index is 1.32. The summed E-state index contributed by atoms with van der Waals surface area (Å²) in [6.07, 6.45) is 5.79. The summed E-state index contributed by atoms with van der Waals surface area (Å²) < 4.78 is 0. The molecule has 2 aliphatic rings. The van der Waals surface area contributed by atoms with E-state index in [1.807, 2.05) is 43.0 Å². The number of aryl methyl sites for hydroxylation is 2. The number of anilines is 1. The molecule has 0 bridgehead atoms. The van der Waals surface area contributed by atoms with Crippen molar-refractivity contribution >= 4 is 28.2 Å². The molecule has 1 aromatic carbocycles. The van der Waals surface area contributed by atoms with Crippen molar-refractivity contribution < 1.29 is 9.59 Å². The number of nitrogens with one attached hydrogen (secondary N) is 1. The predicted molar refractivity (Wildman–Crippen MR) is 131 cm³/mol. The van der Waals surface area contributed by atoms with Gasteiger partial charge in [-0.05, 0) is 50.7 Å². The van der Waals surface area contributed by atoms with Gasteiger partial charge in [0, 0.05) is 31.1 Å². The molecule has 2 amide bonds. The highest BCUT2D eigenvalue weighted by Gasteiger charge is 2.29. The van der Waals surface area contributed by atoms with Crippen LogP contribution in [0.4, 0.5) is 5.00 Å². The fourth-order valence-corrected chi connectivity index (χ4v) is 5.92. The van der Waals surface area contributed by atoms with Crippen molar-refractivity contribution in [3.8, 4) is 6.07 Å². The monoisotopic (exact) mass is 464 g/mol. The van der Waals surface area contributed by atoms with Crippen molar-refractivity contribution in [1.29, 1.82) is 5.26 Å². The second-order valence-corrected chi connectivity index (χ2v) is 10.2. The minimum atomic E-state index is -0.312. The van der Waals surface area contributed by atoms with Crippen LogP contribution in [0.1, 0.15) is 53.3 Å². The second-order valence-electron chi connectivity index (χ2n) is 9.12. The number of thiophene rings is 1. The molecule has 2 aromatic rings. The van der Waals surface area contributed by atoms with Crippen LogP contribution < -0.4 is 5.32 Å². The lowest BCUT2D eigenvalue weighted by Crippen LogP contribution is -2.54. The van der Waals surface area contributed by atoms with E-state index in [4.69, 9.17) is 0 Å². The van der Waals surface area contributed by atoms with Crippen molar-refractivity contribution in [2.45, 2.75) is 58.4 Å². The topological polar surface area (TPSA) is 76.4 Å². The van der Waals surface area contributed by atoms with E-state index in [0.29, 0.717) is 43.2 Å². The van der Waals surface area contributed by atoms with Gasteiger partial charge < -0.3 is 10.2 Å². The van der Waals surface area contributed by atoms with Crippen molar-refractivity contribution in [2.24, 2.45) is 0 Å². The van der Waals surface area contributed by atoms with Gasteiger partial charge in [-0.15, -0.1) is 11.3 Å². The number of carbonyl (C=O) groups is 2. The lowest BCUT2D eigenvalue weighted by molar-refractivity contribution is -0.133. The number of nitriles is 1. The summed E-state index contributed by atoms with van der Waals surface area (Å²) in [7, 11) is 0. The van der Waals surface area contributed by atoms with Crippen LogP contribution in [0.2, 0.25) is 0 Å². The van der Waals surface area contributed by atoms with Crippen LogP contribution >= 0.6 is 11.3 Å². The van der Waals surface area contributed by atoms with Gasteiger partial charge in [0.05, 0.1) is 18.0 Å². The van der Waals surface area contributed by atoms with E-state index in [2.05, 4.69) is 16.3 Å². The summed E-state index contributed by atoms with van der Waals surface area (Å²) in [5.74, 6) is 0.0525. The molecule has 1 saturated heterocycles. The summed E-state index contributed by atoms with van der Waals surface area (Å²) >= 11 is 1.57. The second kappa shape index (κ2) is 10.5. The predicted octanol–water partition coefficient (Wildman–Crippen LogP) is 3.91. The fourth-order valence-electron chi connectivity index (χ4n) is 4.68. The highest BCUT2D eigenvalue weighted by atomic mass is 32.1. The molecule has 6 nitrogen and oxygen atoms in total. The first-order chi connectivity index (χ1) is 16.0. The third-order valence-corrected chi connectivity index (χ3v) is 8.05. The molecule has 4 rings (SSSR count). The molecule has 0 saturated carbocycles. The molecular formula is C26H32N4O2S. The first-order valence-electron chi connectivity index (χ1n) is 11.9. The van der Waals surface area contributed by atoms with Gasteiger partial charge >= 0.3 is 0 Å². The number of piperazine rings is 1. The molecule has 7 heteroatoms. The third-order valence-electron chi connectivity index (χ3n) is 6.84. The maximum Gasteiger partial charge on any atom is 0.242 e. The lowest BCUT2D eigenvalue weighted by Gasteiger charge is -2.37. The van der Waals surface area contributed by atoms with E-state index < -0.39 is 0 Å². The van der Waals surface area contributed by atoms with Crippen molar-refractivity contribution in [3.05, 3.63) is 51.4 Å². The highest BCUT2D eigenvalue weighted by Crippen LogP contribution is 2.37. The molecule has 1 fully saturated rings. The van der Waals surface area contributed by atoms with Crippen molar-refractivity contribution in [2.75, 3.05) is 31.5 Å². The molecule has 1 aliphatic carbocycles. The standard InChI is InChI=1S/C26H32N4O2S/c1-18-8-10-20(11-9-18)16-24(31)30-14-12-29(13-15-30)19(2)25(32)28-26-22(17-27)21-6-4-3-5-7-23(21)33-26/h8-11,19H,3-7,12-16H2,1-2H3,(H,28,32). The molecule has 0 radical (unpaired) electrons. The minimum absolute atomic E-state index is 0.0812. The molecule has 174 valence electrons. The van der Waals surface area contributed by atoms with Gasteiger partial charge in [0.2, 0.25) is 11.8 Å². The van der Waals surface area contributed by atoms with Gasteiger partial charge in [-0.3, -0.25) is 14.5 Å². The molecule has 1 aromatic heterocycles. The SMILES string of the molecule is Cc1ccc(CC(=O)N2CCN(C(C)C(=O)Nc3sc4c(c3C#N)CCCCC4)CC2)cc1. The number of amides is 2. The van der Waals surface area contributed by atoms with E-state index in [1.54, 1.807) is 11.3 Å². The number of hydrogen-bond acceptors (Lipinski definition) is 5. The van der Waals surface area contributed by atoms with E-state index in [1.165, 1.54) is 16.9 Å². The van der Waals surface area contributed by atoms with Crippen LogP contribution in [-0.4, -0.2) is 53.8 Å². The average molecular weight is 465 g/mol. The van der Waals surface area contributed by atoms with Gasteiger partial charge in [0.1, 0.15) is 11.1 Å². The fraction of sp³-hybridized carbons (Fsp3) is 0.500. The molecule has 1 atom stereocenters. The van der Waals surface area contributed by atoms with Gasteiger partial charge in [-0.2, -0.15) is 5.26 Å². The summed E-state index contributed by atoms with van der Waals surface area (Å²) in [6.45, 7) is 6.53. The highest BCUT2D eigenvalue weighted by molar-refractivity contribution is 7.16. The van der Waals surface area contributed by atoms with Crippen molar-refractivity contribution in [1.82, 2.24) is 9.80 Å². The maximum atomic E-state index is 13.0. The Morgan fingerprint density at radius 3 is 2.48 bits per heavy atom. The van der Waals surface area contributed by atoms with Crippen LogP contribution in [0.3, 0.4) is 0 Å². The number of hydrogen-bond donors (Lipinski definition) is 1. The molecule has 0 spiro atoms. The Morgan fingerprint density at radius 1 is 1.09 bits per heavy atom. The van der Waals surface area contributed by atoms with Gasteiger partial charge in [-0.1, -0.05) is 36.2 Å². The van der Waals surface area contributed by atoms with Gasteiger partial charge in [0.25, 0.3) is 0 Å². The number of rotatable bonds is 5. The molecule has 1 N–H and O–H groups in total. The zero-order chi connectivity index (χ0) is 23.4. The first-order valence-corrected chi connectivity index (χ1v) is 12.7. The average Bonchev–Trinajstić information content (AvgIpc) is 2.98. The van der Waals surface area contributed by atoms with E-state index >= 15 is 0 Å². The van der Waals surface area contributed by atoms with Crippen molar-refractivity contribution in [3.63, 3.8) is 0 Å². The normalized spacial score (nSPS) is 17.5. The summed E-state index contributed by atoms with van der Waals surface area (Å²) in [4.78, 5) is 31.0. The zero-order valence-electron chi connectivity index (χ0n) is 19.5. The number of benzene rings is 1. The molecule has 1 unspecified atom stereocenters. The Labute approximate surface area is 200 Å². The van der Waals surface area contributed by atoms with Gasteiger partial charge in [0.15, 0.2) is 0 Å². The van der Waals surface area contributed by atoms with Crippen LogP contribution in [0, 0.1) is 18.3 Å². The van der Waals surface area contributed by atoms with Crippen LogP contribution in [-0.2, 0) is 28.9 Å². The Hall–Kier alpha value is -2.69. The van der Waals surface area contributed by atoms with E-state index in [0.717, 1.165) is 36.8 Å². The summed E-state index contributed by atoms with van der Waals surface area (Å²) in [5, 5.41) is 13.5. The number of carbonyl (C=O) groups excluding carboxylic acids is 2. The van der Waals surface area contributed by atoms with Gasteiger partial charge in [-0.25, -0.2) is 0 Å². The molecular weight excluding hydrogens is 432 g/mol. The summed E-state index contributed by atoms with van der Waals surface area (Å²) in [5.41, 5.74) is 4.02. The lowest BCUT2D eigenvalue weighted by atomic mass is 10.1. The number of fused-ring (bicyclic) bond motifs is 1. The Morgan fingerprint density at radius 2 is 1.79 bits per heavy atom. The molecule has 33 heavy (non-hydrogen) atoms. The Kier molecular flexibility index (Phi) is 7.46. The van der Waals surface area contributed by atoms with Crippen LogP contribution in [0.5, 0.6) is 0 Å². The van der Waals surface area contributed by atoms with Crippen LogP contribution in [0.15, 0.2) is 24.3 Å². The third kappa shape index (κ3) is 5.45. The van der Waals surface area contributed by atoms with E-state index in [-0.39, 0.29) is 17.9 Å². The summed E-state index contributed by atoms with van der Waals surface area (Å²) in [6, 6.07) is 10.1. The smallest absolute Gasteiger partial charge is 0.242 e.